The van der Waals surface area contributed by atoms with Gasteiger partial charge in [0.2, 0.25) is 0 Å². The number of benzene rings is 2. The van der Waals surface area contributed by atoms with Gasteiger partial charge in [0.15, 0.2) is 0 Å². The van der Waals surface area contributed by atoms with Crippen LogP contribution in [0.2, 0.25) is 5.02 Å². The summed E-state index contributed by atoms with van der Waals surface area (Å²) in [6, 6.07) is 27.4. The molecule has 2 aromatic carbocycles. The molecular weight excluding hydrogens is 554 g/mol. The highest BCUT2D eigenvalue weighted by Gasteiger charge is 2.21. The first-order valence-electron chi connectivity index (χ1n) is 15.2. The summed E-state index contributed by atoms with van der Waals surface area (Å²) in [6.07, 6.45) is 4.74. The van der Waals surface area contributed by atoms with E-state index in [1.165, 1.54) is 33.3 Å². The number of hydrogen-bond donors (Lipinski definition) is 3. The van der Waals surface area contributed by atoms with Crippen molar-refractivity contribution in [3.05, 3.63) is 130 Å². The third-order valence-corrected chi connectivity index (χ3v) is 8.36. The fraction of sp³-hybridized carbons (Fsp3) is 0.314. The van der Waals surface area contributed by atoms with Crippen molar-refractivity contribution in [2.45, 2.75) is 39.1 Å². The van der Waals surface area contributed by atoms with Crippen LogP contribution < -0.4 is 10.6 Å². The van der Waals surface area contributed by atoms with Crippen LogP contribution in [0.15, 0.2) is 91.3 Å². The summed E-state index contributed by atoms with van der Waals surface area (Å²) >= 11 is 6.27. The Hall–Kier alpha value is -3.59. The molecule has 1 aliphatic rings. The monoisotopic (exact) mass is 593 g/mol. The van der Waals surface area contributed by atoms with Crippen molar-refractivity contribution in [3.8, 4) is 0 Å². The van der Waals surface area contributed by atoms with Gasteiger partial charge in [-0.25, -0.2) is 0 Å². The lowest BCUT2D eigenvalue weighted by atomic mass is 10.0. The summed E-state index contributed by atoms with van der Waals surface area (Å²) in [6.45, 7) is 9.18. The molecular formula is C35H40ClN7. The molecule has 0 amide bonds. The molecule has 6 rings (SSSR count). The molecule has 1 aliphatic heterocycles. The van der Waals surface area contributed by atoms with Gasteiger partial charge in [-0.15, -0.1) is 0 Å². The van der Waals surface area contributed by atoms with Gasteiger partial charge >= 0.3 is 0 Å². The maximum Gasteiger partial charge on any atom is 0.0541 e. The van der Waals surface area contributed by atoms with Gasteiger partial charge < -0.3 is 15.6 Å². The highest BCUT2D eigenvalue weighted by Crippen LogP contribution is 2.30. The molecule has 0 bridgehead atoms. The molecule has 0 atom stereocenters. The number of nitrogens with zero attached hydrogens (tertiary/aromatic N) is 4. The molecule has 222 valence electrons. The molecule has 0 unspecified atom stereocenters. The Bertz CT molecular complexity index is 1520. The number of hydrogen-bond acceptors (Lipinski definition) is 6. The second kappa shape index (κ2) is 14.7. The second-order valence-corrected chi connectivity index (χ2v) is 11.8. The third kappa shape index (κ3) is 8.28. The van der Waals surface area contributed by atoms with E-state index in [2.05, 4.69) is 83.9 Å². The molecule has 3 N–H and O–H groups in total. The fourth-order valence-electron chi connectivity index (χ4n) is 5.85. The van der Waals surface area contributed by atoms with Gasteiger partial charge in [-0.2, -0.15) is 0 Å². The fourth-order valence-corrected chi connectivity index (χ4v) is 6.02. The van der Waals surface area contributed by atoms with Crippen molar-refractivity contribution >= 4 is 22.5 Å². The van der Waals surface area contributed by atoms with Gasteiger partial charge in [0, 0.05) is 99.5 Å². The SMILES string of the molecule is Clc1ccc2[nH]c3c(c2c1)CCN(Cc1ccc(CN(CCNCc2ccccn2)CCNCc2ccccn2)cc1)C3. The first-order chi connectivity index (χ1) is 21.2. The number of fused-ring (bicyclic) bond motifs is 3. The Morgan fingerprint density at radius 3 is 2.14 bits per heavy atom. The minimum absolute atomic E-state index is 0.783. The zero-order valence-corrected chi connectivity index (χ0v) is 25.4. The number of pyridine rings is 2. The van der Waals surface area contributed by atoms with Gasteiger partial charge in [-0.3, -0.25) is 19.8 Å². The minimum Gasteiger partial charge on any atom is -0.357 e. The number of rotatable bonds is 14. The van der Waals surface area contributed by atoms with Crippen molar-refractivity contribution in [3.63, 3.8) is 0 Å². The van der Waals surface area contributed by atoms with Gasteiger partial charge in [-0.1, -0.05) is 48.0 Å². The van der Waals surface area contributed by atoms with Crippen LogP contribution in [0.4, 0.5) is 0 Å². The third-order valence-electron chi connectivity index (χ3n) is 8.13. The van der Waals surface area contributed by atoms with Crippen molar-refractivity contribution in [2.24, 2.45) is 0 Å². The minimum atomic E-state index is 0.783. The number of halogens is 1. The zero-order chi connectivity index (χ0) is 29.3. The van der Waals surface area contributed by atoms with Crippen LogP contribution in [0.3, 0.4) is 0 Å². The number of aromatic nitrogens is 3. The molecule has 0 radical (unpaired) electrons. The van der Waals surface area contributed by atoms with Crippen molar-refractivity contribution in [2.75, 3.05) is 32.7 Å². The first kappa shape index (κ1) is 29.5. The predicted octanol–water partition coefficient (Wildman–Crippen LogP) is 5.55. The van der Waals surface area contributed by atoms with Crippen LogP contribution in [-0.2, 0) is 39.1 Å². The lowest BCUT2D eigenvalue weighted by molar-refractivity contribution is 0.243. The van der Waals surface area contributed by atoms with Gasteiger partial charge in [-0.05, 0) is 65.6 Å². The normalized spacial score (nSPS) is 13.5. The summed E-state index contributed by atoms with van der Waals surface area (Å²) in [5, 5.41) is 9.19. The van der Waals surface area contributed by atoms with E-state index in [4.69, 9.17) is 11.6 Å². The van der Waals surface area contributed by atoms with Gasteiger partial charge in [0.05, 0.1) is 11.4 Å². The van der Waals surface area contributed by atoms with E-state index in [0.717, 1.165) is 88.3 Å². The topological polar surface area (TPSA) is 72.1 Å². The quantitative estimate of drug-likeness (QED) is 0.147. The molecule has 0 saturated carbocycles. The van der Waals surface area contributed by atoms with Crippen LogP contribution in [0.5, 0.6) is 0 Å². The van der Waals surface area contributed by atoms with Crippen LogP contribution in [-0.4, -0.2) is 57.5 Å². The summed E-state index contributed by atoms with van der Waals surface area (Å²) in [4.78, 5) is 17.5. The maximum absolute atomic E-state index is 6.27. The van der Waals surface area contributed by atoms with Crippen molar-refractivity contribution in [1.82, 2.24) is 35.4 Å². The van der Waals surface area contributed by atoms with Crippen LogP contribution in [0.25, 0.3) is 10.9 Å². The van der Waals surface area contributed by atoms with E-state index in [9.17, 15) is 0 Å². The molecule has 7 nitrogen and oxygen atoms in total. The summed E-state index contributed by atoms with van der Waals surface area (Å²) in [5.74, 6) is 0. The molecule has 8 heteroatoms. The van der Waals surface area contributed by atoms with E-state index < -0.39 is 0 Å². The van der Waals surface area contributed by atoms with E-state index in [-0.39, 0.29) is 0 Å². The van der Waals surface area contributed by atoms with Gasteiger partial charge in [0.1, 0.15) is 0 Å². The van der Waals surface area contributed by atoms with E-state index in [1.54, 1.807) is 0 Å². The predicted molar refractivity (Wildman–Crippen MR) is 175 cm³/mol. The molecule has 4 heterocycles. The molecule has 3 aromatic heterocycles. The van der Waals surface area contributed by atoms with E-state index >= 15 is 0 Å². The molecule has 0 fully saturated rings. The standard InChI is InChI=1S/C35H40ClN7/c36-29-11-12-34-33(21-29)32-13-18-43(26-35(32)41-34)25-28-9-7-27(8-10-28)24-42(19-16-37-22-30-5-1-3-14-39-30)20-17-38-23-31-6-2-4-15-40-31/h1-12,14-15,21,37-38,41H,13,16-20,22-26H2. The smallest absolute Gasteiger partial charge is 0.0541 e. The van der Waals surface area contributed by atoms with Crippen LogP contribution in [0.1, 0.15) is 33.8 Å². The zero-order valence-electron chi connectivity index (χ0n) is 24.6. The number of aromatic amines is 1. The average molecular weight is 594 g/mol. The Morgan fingerprint density at radius 1 is 0.814 bits per heavy atom. The Labute approximate surface area is 259 Å². The summed E-state index contributed by atoms with van der Waals surface area (Å²) in [5.41, 5.74) is 8.76. The van der Waals surface area contributed by atoms with Crippen LogP contribution >= 0.6 is 11.6 Å². The Morgan fingerprint density at radius 2 is 1.49 bits per heavy atom. The molecule has 0 aliphatic carbocycles. The summed E-state index contributed by atoms with van der Waals surface area (Å²) < 4.78 is 0. The lowest BCUT2D eigenvalue weighted by Gasteiger charge is -2.27. The molecule has 0 spiro atoms. The van der Waals surface area contributed by atoms with Crippen molar-refractivity contribution in [1.29, 1.82) is 0 Å². The number of H-pyrrole nitrogens is 1. The lowest BCUT2D eigenvalue weighted by Crippen LogP contribution is -2.36. The van der Waals surface area contributed by atoms with E-state index in [1.807, 2.05) is 42.7 Å². The molecule has 43 heavy (non-hydrogen) atoms. The highest BCUT2D eigenvalue weighted by atomic mass is 35.5. The molecule has 5 aromatic rings. The largest absolute Gasteiger partial charge is 0.357 e. The van der Waals surface area contributed by atoms with Crippen LogP contribution in [0, 0.1) is 0 Å². The first-order valence-corrected chi connectivity index (χ1v) is 15.6. The van der Waals surface area contributed by atoms with Gasteiger partial charge in [0.25, 0.3) is 0 Å². The highest BCUT2D eigenvalue weighted by molar-refractivity contribution is 6.31. The van der Waals surface area contributed by atoms with E-state index in [0.29, 0.717) is 0 Å². The number of nitrogens with one attached hydrogen (secondary N) is 3. The Kier molecular flexibility index (Phi) is 10.1. The maximum atomic E-state index is 6.27. The average Bonchev–Trinajstić information content (AvgIpc) is 3.40. The Balaban J connectivity index is 1.02. The van der Waals surface area contributed by atoms with Crippen molar-refractivity contribution < 1.29 is 0 Å². The second-order valence-electron chi connectivity index (χ2n) is 11.3. The molecule has 0 saturated heterocycles. The summed E-state index contributed by atoms with van der Waals surface area (Å²) in [7, 11) is 0.